The van der Waals surface area contributed by atoms with Crippen LogP contribution in [0.15, 0.2) is 18.5 Å². The van der Waals surface area contributed by atoms with Gasteiger partial charge in [-0.15, -0.1) is 0 Å². The predicted octanol–water partition coefficient (Wildman–Crippen LogP) is 1.49. The third kappa shape index (κ3) is 3.65. The molecular formula is C13H23N3. The van der Waals surface area contributed by atoms with Crippen molar-refractivity contribution in [1.29, 1.82) is 0 Å². The minimum absolute atomic E-state index is 0.900. The average Bonchev–Trinajstić information content (AvgIpc) is 2.81. The summed E-state index contributed by atoms with van der Waals surface area (Å²) in [5.41, 5.74) is 1.41. The Morgan fingerprint density at radius 3 is 2.88 bits per heavy atom. The van der Waals surface area contributed by atoms with Gasteiger partial charge < -0.3 is 15.2 Å². The van der Waals surface area contributed by atoms with Crippen LogP contribution in [0.4, 0.5) is 0 Å². The Kier molecular flexibility index (Phi) is 4.43. The maximum atomic E-state index is 3.42. The van der Waals surface area contributed by atoms with Gasteiger partial charge in [-0.2, -0.15) is 0 Å². The van der Waals surface area contributed by atoms with Crippen LogP contribution in [0.3, 0.4) is 0 Å². The molecule has 0 atom stereocenters. The van der Waals surface area contributed by atoms with Crippen molar-refractivity contribution in [3.8, 4) is 0 Å². The van der Waals surface area contributed by atoms with Gasteiger partial charge in [0.1, 0.15) is 0 Å². The second-order valence-corrected chi connectivity index (χ2v) is 4.92. The standard InChI is InChI=1S/C13H23N3/c1-16(9-5-12-2-8-15-10-12)11-13-3-6-14-7-4-13/h2,8,10,13-15H,3-7,9,11H2,1H3. The zero-order valence-corrected chi connectivity index (χ0v) is 10.2. The summed E-state index contributed by atoms with van der Waals surface area (Å²) in [5, 5.41) is 3.42. The number of hydrogen-bond donors (Lipinski definition) is 2. The SMILES string of the molecule is CN(CCc1cc[nH]c1)CC1CCNCC1. The quantitative estimate of drug-likeness (QED) is 0.789. The Morgan fingerprint density at radius 1 is 1.38 bits per heavy atom. The first-order chi connectivity index (χ1) is 7.84. The molecule has 3 heteroatoms. The molecule has 0 unspecified atom stereocenters. The van der Waals surface area contributed by atoms with Crippen LogP contribution in [0.25, 0.3) is 0 Å². The molecular weight excluding hydrogens is 198 g/mol. The molecule has 0 radical (unpaired) electrons. The van der Waals surface area contributed by atoms with E-state index in [2.05, 4.69) is 34.5 Å². The summed E-state index contributed by atoms with van der Waals surface area (Å²) in [4.78, 5) is 5.58. The first kappa shape index (κ1) is 11.7. The molecule has 1 aliphatic rings. The van der Waals surface area contributed by atoms with Gasteiger partial charge in [0.05, 0.1) is 0 Å². The van der Waals surface area contributed by atoms with Crippen LogP contribution >= 0.6 is 0 Å². The zero-order valence-electron chi connectivity index (χ0n) is 10.2. The van der Waals surface area contributed by atoms with Gasteiger partial charge in [0.25, 0.3) is 0 Å². The van der Waals surface area contributed by atoms with E-state index >= 15 is 0 Å². The lowest BCUT2D eigenvalue weighted by molar-refractivity contribution is 0.242. The number of H-pyrrole nitrogens is 1. The smallest absolute Gasteiger partial charge is 0.00378 e. The first-order valence-electron chi connectivity index (χ1n) is 6.35. The third-order valence-corrected chi connectivity index (χ3v) is 3.47. The van der Waals surface area contributed by atoms with Crippen LogP contribution in [0.2, 0.25) is 0 Å². The van der Waals surface area contributed by atoms with Gasteiger partial charge >= 0.3 is 0 Å². The Morgan fingerprint density at radius 2 is 2.19 bits per heavy atom. The molecule has 16 heavy (non-hydrogen) atoms. The van der Waals surface area contributed by atoms with Gasteiger partial charge in [-0.25, -0.2) is 0 Å². The molecule has 0 saturated carbocycles. The monoisotopic (exact) mass is 221 g/mol. The molecule has 0 amide bonds. The molecule has 1 aromatic heterocycles. The van der Waals surface area contributed by atoms with Crippen LogP contribution < -0.4 is 5.32 Å². The van der Waals surface area contributed by atoms with Crippen molar-refractivity contribution in [2.75, 3.05) is 33.2 Å². The summed E-state index contributed by atoms with van der Waals surface area (Å²) >= 11 is 0. The maximum Gasteiger partial charge on any atom is 0.00378 e. The highest BCUT2D eigenvalue weighted by atomic mass is 15.1. The summed E-state index contributed by atoms with van der Waals surface area (Å²) in [6, 6.07) is 2.17. The van der Waals surface area contributed by atoms with Crippen molar-refractivity contribution in [1.82, 2.24) is 15.2 Å². The van der Waals surface area contributed by atoms with E-state index in [4.69, 9.17) is 0 Å². The van der Waals surface area contributed by atoms with Gasteiger partial charge in [-0.3, -0.25) is 0 Å². The maximum absolute atomic E-state index is 3.42. The minimum Gasteiger partial charge on any atom is -0.367 e. The van der Waals surface area contributed by atoms with E-state index in [1.54, 1.807) is 0 Å². The van der Waals surface area contributed by atoms with Crippen LogP contribution in [0.1, 0.15) is 18.4 Å². The van der Waals surface area contributed by atoms with Crippen molar-refractivity contribution < 1.29 is 0 Å². The zero-order chi connectivity index (χ0) is 11.2. The topological polar surface area (TPSA) is 31.1 Å². The molecule has 1 fully saturated rings. The third-order valence-electron chi connectivity index (χ3n) is 3.47. The number of rotatable bonds is 5. The van der Waals surface area contributed by atoms with Crippen LogP contribution in [0, 0.1) is 5.92 Å². The summed E-state index contributed by atoms with van der Waals surface area (Å²) in [7, 11) is 2.24. The predicted molar refractivity (Wildman–Crippen MR) is 67.6 cm³/mol. The lowest BCUT2D eigenvalue weighted by atomic mass is 9.97. The number of aromatic amines is 1. The molecule has 1 saturated heterocycles. The van der Waals surface area contributed by atoms with E-state index < -0.39 is 0 Å². The van der Waals surface area contributed by atoms with Gasteiger partial charge in [0.15, 0.2) is 0 Å². The second-order valence-electron chi connectivity index (χ2n) is 4.92. The van der Waals surface area contributed by atoms with Crippen molar-refractivity contribution in [3.05, 3.63) is 24.0 Å². The molecule has 1 aliphatic heterocycles. The number of likely N-dealkylation sites (N-methyl/N-ethyl adjacent to an activating group) is 1. The van der Waals surface area contributed by atoms with E-state index in [1.165, 1.54) is 44.6 Å². The van der Waals surface area contributed by atoms with Crippen molar-refractivity contribution in [2.45, 2.75) is 19.3 Å². The highest BCUT2D eigenvalue weighted by Gasteiger charge is 2.14. The summed E-state index contributed by atoms with van der Waals surface area (Å²) in [6.07, 6.45) is 7.94. The molecule has 0 aromatic carbocycles. The average molecular weight is 221 g/mol. The molecule has 0 aliphatic carbocycles. The van der Waals surface area contributed by atoms with E-state index in [1.807, 2.05) is 6.20 Å². The number of piperidine rings is 1. The molecule has 0 spiro atoms. The normalized spacial score (nSPS) is 18.1. The fourth-order valence-corrected chi connectivity index (χ4v) is 2.43. The Bertz CT molecular complexity index is 275. The Hall–Kier alpha value is -0.800. The fourth-order valence-electron chi connectivity index (χ4n) is 2.43. The number of hydrogen-bond acceptors (Lipinski definition) is 2. The molecule has 3 nitrogen and oxygen atoms in total. The molecule has 2 heterocycles. The summed E-state index contributed by atoms with van der Waals surface area (Å²) < 4.78 is 0. The second kappa shape index (κ2) is 6.06. The van der Waals surface area contributed by atoms with E-state index in [0.29, 0.717) is 0 Å². The Labute approximate surface area is 98.2 Å². The van der Waals surface area contributed by atoms with Crippen molar-refractivity contribution in [2.24, 2.45) is 5.92 Å². The summed E-state index contributed by atoms with van der Waals surface area (Å²) in [5.74, 6) is 0.900. The van der Waals surface area contributed by atoms with Gasteiger partial charge in [-0.1, -0.05) is 0 Å². The largest absolute Gasteiger partial charge is 0.367 e. The molecule has 2 rings (SSSR count). The van der Waals surface area contributed by atoms with E-state index in [-0.39, 0.29) is 0 Å². The highest BCUT2D eigenvalue weighted by molar-refractivity contribution is 5.08. The molecule has 2 N–H and O–H groups in total. The number of nitrogens with one attached hydrogen (secondary N) is 2. The highest BCUT2D eigenvalue weighted by Crippen LogP contribution is 2.12. The minimum atomic E-state index is 0.900. The number of nitrogens with zero attached hydrogens (tertiary/aromatic N) is 1. The fraction of sp³-hybridized carbons (Fsp3) is 0.692. The van der Waals surface area contributed by atoms with Crippen LogP contribution in [0.5, 0.6) is 0 Å². The Balaban J connectivity index is 1.65. The molecule has 0 bridgehead atoms. The van der Waals surface area contributed by atoms with Crippen molar-refractivity contribution >= 4 is 0 Å². The van der Waals surface area contributed by atoms with E-state index in [9.17, 15) is 0 Å². The van der Waals surface area contributed by atoms with Gasteiger partial charge in [0, 0.05) is 25.5 Å². The van der Waals surface area contributed by atoms with Crippen LogP contribution in [-0.2, 0) is 6.42 Å². The molecule has 1 aromatic rings. The van der Waals surface area contributed by atoms with Gasteiger partial charge in [0.2, 0.25) is 0 Å². The number of aromatic nitrogens is 1. The molecule has 90 valence electrons. The first-order valence-corrected chi connectivity index (χ1v) is 6.35. The van der Waals surface area contributed by atoms with Crippen LogP contribution in [-0.4, -0.2) is 43.1 Å². The van der Waals surface area contributed by atoms with E-state index in [0.717, 1.165) is 12.3 Å². The lowest BCUT2D eigenvalue weighted by Crippen LogP contribution is -2.35. The lowest BCUT2D eigenvalue weighted by Gasteiger charge is -2.27. The summed E-state index contributed by atoms with van der Waals surface area (Å²) in [6.45, 7) is 4.83. The van der Waals surface area contributed by atoms with Gasteiger partial charge in [-0.05, 0) is 56.9 Å². The van der Waals surface area contributed by atoms with Crippen molar-refractivity contribution in [3.63, 3.8) is 0 Å².